The number of nitriles is 1. The molecule has 6 nitrogen and oxygen atoms in total. The quantitative estimate of drug-likeness (QED) is 0.725. The first-order valence-electron chi connectivity index (χ1n) is 9.37. The van der Waals surface area contributed by atoms with Gasteiger partial charge in [-0.05, 0) is 37.6 Å². The van der Waals surface area contributed by atoms with Crippen LogP contribution in [0.2, 0.25) is 0 Å². The second-order valence-electron chi connectivity index (χ2n) is 6.57. The van der Waals surface area contributed by atoms with E-state index in [0.29, 0.717) is 16.9 Å². The average molecular weight is 408 g/mol. The van der Waals surface area contributed by atoms with Crippen LogP contribution in [-0.4, -0.2) is 12.6 Å². The molecule has 2 N–H and O–H groups in total. The maximum atomic E-state index is 13.9. The monoisotopic (exact) mass is 408 g/mol. The summed E-state index contributed by atoms with van der Waals surface area (Å²) in [6, 6.07) is 15.3. The van der Waals surface area contributed by atoms with Gasteiger partial charge in [0.15, 0.2) is 0 Å². The minimum absolute atomic E-state index is 0.0343. The molecule has 30 heavy (non-hydrogen) atoms. The van der Waals surface area contributed by atoms with Crippen LogP contribution in [-0.2, 0) is 20.9 Å². The smallest absolute Gasteiger partial charge is 0.338 e. The summed E-state index contributed by atoms with van der Waals surface area (Å²) in [5.41, 5.74) is 7.24. The fraction of sp³-hybridized carbons (Fsp3) is 0.217. The summed E-state index contributed by atoms with van der Waals surface area (Å²) in [5.74, 6) is -1.04. The lowest BCUT2D eigenvalue weighted by Gasteiger charge is -2.27. The first-order chi connectivity index (χ1) is 14.5. The van der Waals surface area contributed by atoms with E-state index in [0.717, 1.165) is 0 Å². The minimum Gasteiger partial charge on any atom is -0.489 e. The second-order valence-corrected chi connectivity index (χ2v) is 6.57. The van der Waals surface area contributed by atoms with E-state index < -0.39 is 11.9 Å². The Morgan fingerprint density at radius 2 is 2.03 bits per heavy atom. The Hall–Kier alpha value is -3.79. The molecule has 154 valence electrons. The molecule has 0 aliphatic carbocycles. The van der Waals surface area contributed by atoms with E-state index in [1.807, 2.05) is 6.07 Å². The highest BCUT2D eigenvalue weighted by atomic mass is 19.1. The molecule has 0 saturated heterocycles. The molecule has 1 heterocycles. The fourth-order valence-corrected chi connectivity index (χ4v) is 3.25. The Bertz CT molecular complexity index is 1070. The van der Waals surface area contributed by atoms with Crippen molar-refractivity contribution < 1.29 is 23.4 Å². The molecule has 1 aliphatic heterocycles. The number of benzene rings is 2. The normalized spacial score (nSPS) is 16.0. The van der Waals surface area contributed by atoms with Crippen molar-refractivity contribution in [3.8, 4) is 11.8 Å². The van der Waals surface area contributed by atoms with Crippen molar-refractivity contribution in [3.63, 3.8) is 0 Å². The van der Waals surface area contributed by atoms with Crippen LogP contribution in [0.5, 0.6) is 5.75 Å². The number of nitrogens with zero attached hydrogens (tertiary/aromatic N) is 1. The second kappa shape index (κ2) is 9.14. The molecule has 1 atom stereocenters. The number of hydrogen-bond donors (Lipinski definition) is 1. The molecule has 1 aliphatic rings. The molecule has 2 aromatic rings. The van der Waals surface area contributed by atoms with Crippen LogP contribution in [0.3, 0.4) is 0 Å². The molecule has 0 saturated carbocycles. The molecule has 0 bridgehead atoms. The zero-order valence-corrected chi connectivity index (χ0v) is 16.6. The van der Waals surface area contributed by atoms with Crippen LogP contribution >= 0.6 is 0 Å². The number of halogens is 1. The molecule has 0 spiro atoms. The maximum Gasteiger partial charge on any atom is 0.338 e. The van der Waals surface area contributed by atoms with E-state index >= 15 is 0 Å². The molecule has 7 heteroatoms. The Kier molecular flexibility index (Phi) is 6.38. The summed E-state index contributed by atoms with van der Waals surface area (Å²) in [6.07, 6.45) is 0. The van der Waals surface area contributed by atoms with Gasteiger partial charge in [0.1, 0.15) is 35.6 Å². The minimum atomic E-state index is -0.764. The predicted octanol–water partition coefficient (Wildman–Crippen LogP) is 4.05. The summed E-state index contributed by atoms with van der Waals surface area (Å²) < 4.78 is 30.2. The summed E-state index contributed by atoms with van der Waals surface area (Å²) in [6.45, 7) is 3.50. The topological polar surface area (TPSA) is 94.6 Å². The van der Waals surface area contributed by atoms with Gasteiger partial charge < -0.3 is 19.9 Å². The number of nitrogens with two attached hydrogens (primary N) is 1. The van der Waals surface area contributed by atoms with Gasteiger partial charge in [0.25, 0.3) is 0 Å². The maximum absolute atomic E-state index is 13.9. The van der Waals surface area contributed by atoms with E-state index in [4.69, 9.17) is 19.9 Å². The van der Waals surface area contributed by atoms with Gasteiger partial charge in [0.2, 0.25) is 5.88 Å². The van der Waals surface area contributed by atoms with E-state index in [1.54, 1.807) is 56.3 Å². The summed E-state index contributed by atoms with van der Waals surface area (Å²) in [4.78, 5) is 12.6. The van der Waals surface area contributed by atoms with Gasteiger partial charge >= 0.3 is 5.97 Å². The summed E-state index contributed by atoms with van der Waals surface area (Å²) in [5, 5.41) is 9.65. The lowest BCUT2D eigenvalue weighted by Crippen LogP contribution is -2.25. The molecular weight excluding hydrogens is 387 g/mol. The van der Waals surface area contributed by atoms with Crippen molar-refractivity contribution in [3.05, 3.63) is 88.3 Å². The van der Waals surface area contributed by atoms with Gasteiger partial charge in [-0.1, -0.05) is 30.3 Å². The highest BCUT2D eigenvalue weighted by molar-refractivity contribution is 5.92. The third-order valence-electron chi connectivity index (χ3n) is 4.64. The van der Waals surface area contributed by atoms with Gasteiger partial charge in [0.05, 0.1) is 18.1 Å². The zero-order valence-electron chi connectivity index (χ0n) is 16.6. The van der Waals surface area contributed by atoms with Crippen molar-refractivity contribution >= 4 is 5.97 Å². The Morgan fingerprint density at radius 1 is 1.27 bits per heavy atom. The third kappa shape index (κ3) is 4.28. The predicted molar refractivity (Wildman–Crippen MR) is 107 cm³/mol. The summed E-state index contributed by atoms with van der Waals surface area (Å²) in [7, 11) is 0. The third-order valence-corrected chi connectivity index (χ3v) is 4.64. The van der Waals surface area contributed by atoms with Gasteiger partial charge in [-0.25, -0.2) is 9.18 Å². The molecular formula is C23H21FN2O4. The molecule has 0 fully saturated rings. The number of ether oxygens (including phenoxy) is 3. The van der Waals surface area contributed by atoms with Gasteiger partial charge in [-0.2, -0.15) is 5.26 Å². The molecule has 0 amide bonds. The fourth-order valence-electron chi connectivity index (χ4n) is 3.25. The number of carbonyl (C=O) groups excluding carboxylic acids is 1. The number of carbonyl (C=O) groups is 1. The Labute approximate surface area is 174 Å². The Balaban J connectivity index is 1.96. The summed E-state index contributed by atoms with van der Waals surface area (Å²) >= 11 is 0. The molecule has 3 rings (SSSR count). The van der Waals surface area contributed by atoms with Crippen molar-refractivity contribution in [2.75, 3.05) is 6.61 Å². The lowest BCUT2D eigenvalue weighted by molar-refractivity contribution is -0.139. The molecule has 0 radical (unpaired) electrons. The average Bonchev–Trinajstić information content (AvgIpc) is 2.73. The largest absolute Gasteiger partial charge is 0.489 e. The Morgan fingerprint density at radius 3 is 2.73 bits per heavy atom. The SMILES string of the molecule is CCOC(=O)C1=C(C)OC(N)=C(C#N)C1c1cccc(OCc2ccccc2F)c1. The van der Waals surface area contributed by atoms with Crippen LogP contribution in [0.4, 0.5) is 4.39 Å². The highest BCUT2D eigenvalue weighted by Gasteiger charge is 2.36. The van der Waals surface area contributed by atoms with Crippen molar-refractivity contribution in [1.29, 1.82) is 5.26 Å². The van der Waals surface area contributed by atoms with Crippen LogP contribution < -0.4 is 10.5 Å². The van der Waals surface area contributed by atoms with Gasteiger partial charge in [-0.15, -0.1) is 0 Å². The van der Waals surface area contributed by atoms with Crippen LogP contribution in [0.25, 0.3) is 0 Å². The van der Waals surface area contributed by atoms with E-state index in [1.165, 1.54) is 6.07 Å². The van der Waals surface area contributed by atoms with Crippen molar-refractivity contribution in [2.45, 2.75) is 26.4 Å². The number of hydrogen-bond acceptors (Lipinski definition) is 6. The zero-order chi connectivity index (χ0) is 21.7. The van der Waals surface area contributed by atoms with E-state index in [-0.39, 0.29) is 41.8 Å². The molecule has 2 aromatic carbocycles. The number of rotatable bonds is 6. The lowest BCUT2D eigenvalue weighted by atomic mass is 9.83. The standard InChI is InChI=1S/C23H21FN2O4/c1-3-28-23(27)20-14(2)30-22(26)18(12-25)21(20)15-8-6-9-17(11-15)29-13-16-7-4-5-10-19(16)24/h4-11,21H,3,13,26H2,1-2H3. The molecule has 0 aromatic heterocycles. The highest BCUT2D eigenvalue weighted by Crippen LogP contribution is 2.40. The van der Waals surface area contributed by atoms with Crippen LogP contribution in [0.15, 0.2) is 71.3 Å². The van der Waals surface area contributed by atoms with E-state index in [9.17, 15) is 14.4 Å². The van der Waals surface area contributed by atoms with Gasteiger partial charge in [-0.3, -0.25) is 0 Å². The van der Waals surface area contributed by atoms with E-state index in [2.05, 4.69) is 0 Å². The van der Waals surface area contributed by atoms with Crippen molar-refractivity contribution in [1.82, 2.24) is 0 Å². The van der Waals surface area contributed by atoms with Crippen LogP contribution in [0.1, 0.15) is 30.9 Å². The number of allylic oxidation sites excluding steroid dienone is 2. The van der Waals surface area contributed by atoms with Crippen LogP contribution in [0, 0.1) is 17.1 Å². The molecule has 1 unspecified atom stereocenters. The van der Waals surface area contributed by atoms with Crippen molar-refractivity contribution in [2.24, 2.45) is 5.73 Å². The first kappa shape index (κ1) is 20.9. The number of esters is 1. The first-order valence-corrected chi connectivity index (χ1v) is 9.37. The van der Waals surface area contributed by atoms with Gasteiger partial charge in [0, 0.05) is 5.56 Å².